The zero-order chi connectivity index (χ0) is 27.7. The first kappa shape index (κ1) is 27.7. The van der Waals surface area contributed by atoms with Crippen LogP contribution in [0, 0.1) is 11.3 Å². The van der Waals surface area contributed by atoms with Crippen molar-refractivity contribution < 1.29 is 28.5 Å². The van der Waals surface area contributed by atoms with E-state index in [-0.39, 0.29) is 25.9 Å². The molecule has 5 heterocycles. The molecule has 2 fully saturated rings. The van der Waals surface area contributed by atoms with Gasteiger partial charge in [0.25, 0.3) is 0 Å². The maximum Gasteiger partial charge on any atom is 0.350 e. The lowest BCUT2D eigenvalue weighted by Crippen LogP contribution is -2.49. The fourth-order valence-corrected chi connectivity index (χ4v) is 4.59. The van der Waals surface area contributed by atoms with Crippen molar-refractivity contribution in [2.75, 3.05) is 64.7 Å². The number of imidazole rings is 1. The molecule has 0 bridgehead atoms. The van der Waals surface area contributed by atoms with Gasteiger partial charge in [0.15, 0.2) is 17.2 Å². The van der Waals surface area contributed by atoms with Gasteiger partial charge >= 0.3 is 5.97 Å². The maximum absolute atomic E-state index is 12.6. The number of pyridine rings is 2. The molecule has 5 rings (SSSR count). The molecule has 0 aliphatic carbocycles. The number of esters is 1. The van der Waals surface area contributed by atoms with E-state index in [2.05, 4.69) is 21.4 Å². The molecule has 212 valence electrons. The van der Waals surface area contributed by atoms with Crippen LogP contribution in [-0.4, -0.2) is 102 Å². The first-order valence-corrected chi connectivity index (χ1v) is 13.5. The van der Waals surface area contributed by atoms with Gasteiger partial charge in [0.05, 0.1) is 32.0 Å². The van der Waals surface area contributed by atoms with Gasteiger partial charge < -0.3 is 29.0 Å². The standard InChI is InChI=1S/C27H33N7O6/c1-2-38-27(35)26(33-7-11-37-12-8-33)40-14-13-39-22-15-21-25(32-24(22)31-20-5-9-36-10-6-20)34(18-30-21)23-4-3-19(16-28)17-29-23/h3-4,15,17-18,20,26H,2,5-14H2,1H3,(H,31,32). The molecule has 13 heteroatoms. The van der Waals surface area contributed by atoms with Crippen LogP contribution in [-0.2, 0) is 23.7 Å². The molecule has 40 heavy (non-hydrogen) atoms. The lowest BCUT2D eigenvalue weighted by Gasteiger charge is -2.32. The predicted octanol–water partition coefficient (Wildman–Crippen LogP) is 1.89. The minimum atomic E-state index is -0.816. The second-order valence-corrected chi connectivity index (χ2v) is 9.31. The summed E-state index contributed by atoms with van der Waals surface area (Å²) in [5.74, 6) is 1.28. The molecule has 2 saturated heterocycles. The number of rotatable bonds is 11. The summed E-state index contributed by atoms with van der Waals surface area (Å²) in [6.07, 6.45) is 4.03. The second kappa shape index (κ2) is 13.5. The Labute approximate surface area is 232 Å². The first-order chi connectivity index (χ1) is 19.7. The number of carbonyl (C=O) groups is 1. The van der Waals surface area contributed by atoms with E-state index in [1.807, 2.05) is 11.0 Å². The fraction of sp³-hybridized carbons (Fsp3) is 0.519. The molecular weight excluding hydrogens is 518 g/mol. The monoisotopic (exact) mass is 551 g/mol. The van der Waals surface area contributed by atoms with Crippen LogP contribution in [0.5, 0.6) is 5.75 Å². The van der Waals surface area contributed by atoms with Crippen LogP contribution < -0.4 is 10.1 Å². The smallest absolute Gasteiger partial charge is 0.350 e. The third kappa shape index (κ3) is 6.65. The number of nitrogens with one attached hydrogen (secondary N) is 1. The molecule has 1 unspecified atom stereocenters. The van der Waals surface area contributed by atoms with Crippen LogP contribution in [0.15, 0.2) is 30.7 Å². The van der Waals surface area contributed by atoms with Crippen molar-refractivity contribution in [1.29, 1.82) is 5.26 Å². The Hall–Kier alpha value is -3.83. The molecule has 2 aliphatic rings. The van der Waals surface area contributed by atoms with Crippen LogP contribution in [0.25, 0.3) is 17.0 Å². The van der Waals surface area contributed by atoms with E-state index in [0.717, 1.165) is 12.8 Å². The molecule has 0 radical (unpaired) electrons. The van der Waals surface area contributed by atoms with Crippen LogP contribution >= 0.6 is 0 Å². The number of hydrogen-bond donors (Lipinski definition) is 1. The van der Waals surface area contributed by atoms with Crippen molar-refractivity contribution in [2.24, 2.45) is 0 Å². The molecule has 0 aromatic carbocycles. The number of morpholine rings is 1. The van der Waals surface area contributed by atoms with E-state index in [1.54, 1.807) is 30.0 Å². The van der Waals surface area contributed by atoms with Crippen LogP contribution in [0.2, 0.25) is 0 Å². The van der Waals surface area contributed by atoms with E-state index in [0.29, 0.717) is 73.6 Å². The van der Waals surface area contributed by atoms with Gasteiger partial charge in [-0.3, -0.25) is 9.47 Å². The highest BCUT2D eigenvalue weighted by atomic mass is 16.6. The highest BCUT2D eigenvalue weighted by Gasteiger charge is 2.29. The zero-order valence-corrected chi connectivity index (χ0v) is 22.5. The van der Waals surface area contributed by atoms with E-state index in [1.165, 1.54) is 6.20 Å². The van der Waals surface area contributed by atoms with Crippen LogP contribution in [0.4, 0.5) is 5.82 Å². The summed E-state index contributed by atoms with van der Waals surface area (Å²) in [7, 11) is 0. The third-order valence-electron chi connectivity index (χ3n) is 6.66. The van der Waals surface area contributed by atoms with E-state index in [9.17, 15) is 4.79 Å². The normalized spacial score (nSPS) is 17.3. The summed E-state index contributed by atoms with van der Waals surface area (Å²) in [5, 5.41) is 12.6. The number of carbonyl (C=O) groups excluding carboxylic acids is 1. The van der Waals surface area contributed by atoms with Crippen molar-refractivity contribution >= 4 is 23.0 Å². The number of hydrogen-bond acceptors (Lipinski definition) is 12. The van der Waals surface area contributed by atoms with Crippen LogP contribution in [0.1, 0.15) is 25.3 Å². The average molecular weight is 552 g/mol. The van der Waals surface area contributed by atoms with Gasteiger partial charge in [-0.2, -0.15) is 5.26 Å². The molecule has 2 aliphatic heterocycles. The molecule has 0 spiro atoms. The van der Waals surface area contributed by atoms with E-state index < -0.39 is 12.2 Å². The van der Waals surface area contributed by atoms with Gasteiger partial charge in [-0.25, -0.2) is 19.7 Å². The summed E-state index contributed by atoms with van der Waals surface area (Å²) < 4.78 is 30.0. The number of aromatic nitrogens is 4. The Bertz CT molecular complexity index is 1310. The Balaban J connectivity index is 1.33. The summed E-state index contributed by atoms with van der Waals surface area (Å²) in [6.45, 7) is 5.99. The van der Waals surface area contributed by atoms with Gasteiger partial charge in [-0.15, -0.1) is 0 Å². The molecule has 0 saturated carbocycles. The van der Waals surface area contributed by atoms with Crippen molar-refractivity contribution in [3.63, 3.8) is 0 Å². The van der Waals surface area contributed by atoms with Crippen molar-refractivity contribution in [3.05, 3.63) is 36.3 Å². The number of ether oxygens (including phenoxy) is 5. The second-order valence-electron chi connectivity index (χ2n) is 9.31. The molecule has 13 nitrogen and oxygen atoms in total. The van der Waals surface area contributed by atoms with E-state index in [4.69, 9.17) is 33.9 Å². The molecular formula is C27H33N7O6. The van der Waals surface area contributed by atoms with Gasteiger partial charge in [0.1, 0.15) is 30.3 Å². The zero-order valence-electron chi connectivity index (χ0n) is 22.5. The lowest BCUT2D eigenvalue weighted by molar-refractivity contribution is -0.176. The Kier molecular flexibility index (Phi) is 9.35. The van der Waals surface area contributed by atoms with Crippen LogP contribution in [0.3, 0.4) is 0 Å². The maximum atomic E-state index is 12.6. The summed E-state index contributed by atoms with van der Waals surface area (Å²) in [6, 6.07) is 7.54. The third-order valence-corrected chi connectivity index (χ3v) is 6.66. The highest BCUT2D eigenvalue weighted by Crippen LogP contribution is 2.29. The quantitative estimate of drug-likeness (QED) is 0.274. The number of anilines is 1. The number of fused-ring (bicyclic) bond motifs is 1. The Morgan fingerprint density at radius 2 is 1.98 bits per heavy atom. The topological polar surface area (TPSA) is 146 Å². The summed E-state index contributed by atoms with van der Waals surface area (Å²) >= 11 is 0. The predicted molar refractivity (Wildman–Crippen MR) is 143 cm³/mol. The highest BCUT2D eigenvalue weighted by molar-refractivity contribution is 5.78. The van der Waals surface area contributed by atoms with Gasteiger partial charge in [-0.05, 0) is 31.9 Å². The molecule has 0 amide bonds. The SMILES string of the molecule is CCOC(=O)C(OCCOc1cc2ncn(-c3ccc(C#N)cn3)c2nc1NC1CCOCC1)N1CCOCC1. The molecule has 3 aromatic heterocycles. The first-order valence-electron chi connectivity index (χ1n) is 13.5. The van der Waals surface area contributed by atoms with Crippen molar-refractivity contribution in [2.45, 2.75) is 32.0 Å². The molecule has 1 N–H and O–H groups in total. The average Bonchev–Trinajstić information content (AvgIpc) is 3.41. The van der Waals surface area contributed by atoms with Gasteiger partial charge in [-0.1, -0.05) is 0 Å². The van der Waals surface area contributed by atoms with Crippen molar-refractivity contribution in [3.8, 4) is 17.6 Å². The Morgan fingerprint density at radius 3 is 2.70 bits per heavy atom. The van der Waals surface area contributed by atoms with E-state index >= 15 is 0 Å². The molecule has 3 aromatic rings. The van der Waals surface area contributed by atoms with Gasteiger partial charge in [0.2, 0.25) is 6.23 Å². The van der Waals surface area contributed by atoms with Gasteiger partial charge in [0, 0.05) is 44.6 Å². The lowest BCUT2D eigenvalue weighted by atomic mass is 10.1. The summed E-state index contributed by atoms with van der Waals surface area (Å²) in [5.41, 5.74) is 1.70. The van der Waals surface area contributed by atoms with Crippen molar-refractivity contribution in [1.82, 2.24) is 24.4 Å². The fourth-order valence-electron chi connectivity index (χ4n) is 4.59. The Morgan fingerprint density at radius 1 is 1.18 bits per heavy atom. The minimum absolute atomic E-state index is 0.166. The number of nitriles is 1. The minimum Gasteiger partial charge on any atom is -0.487 e. The number of nitrogens with zero attached hydrogens (tertiary/aromatic N) is 6. The molecule has 1 atom stereocenters. The summed E-state index contributed by atoms with van der Waals surface area (Å²) in [4.78, 5) is 28.2. The largest absolute Gasteiger partial charge is 0.487 e.